The van der Waals surface area contributed by atoms with Crippen molar-refractivity contribution in [3.8, 4) is 0 Å². The van der Waals surface area contributed by atoms with E-state index in [0.29, 0.717) is 13.1 Å². The van der Waals surface area contributed by atoms with Gasteiger partial charge in [0.2, 0.25) is 5.03 Å². The lowest BCUT2D eigenvalue weighted by Crippen LogP contribution is -2.49. The molecule has 1 aromatic rings. The minimum atomic E-state index is -3.48. The zero-order chi connectivity index (χ0) is 13.2. The van der Waals surface area contributed by atoms with Crippen LogP contribution in [0.5, 0.6) is 0 Å². The zero-order valence-electron chi connectivity index (χ0n) is 10.6. The van der Waals surface area contributed by atoms with E-state index in [9.17, 15) is 8.42 Å². The van der Waals surface area contributed by atoms with Crippen molar-refractivity contribution in [2.45, 2.75) is 18.9 Å². The maximum absolute atomic E-state index is 12.2. The third-order valence-corrected chi connectivity index (χ3v) is 4.64. The molecule has 2 rings (SSSR count). The van der Waals surface area contributed by atoms with Gasteiger partial charge in [0.15, 0.2) is 0 Å². The van der Waals surface area contributed by atoms with Crippen LogP contribution in [0.4, 0.5) is 0 Å². The van der Waals surface area contributed by atoms with Crippen LogP contribution in [0.3, 0.4) is 0 Å². The Morgan fingerprint density at radius 1 is 1.33 bits per heavy atom. The Morgan fingerprint density at radius 2 is 2.00 bits per heavy atom. The first-order valence-corrected chi connectivity index (χ1v) is 7.32. The first-order chi connectivity index (χ1) is 8.50. The second-order valence-corrected chi connectivity index (χ2v) is 6.58. The molecule has 1 aliphatic heterocycles. The molecule has 1 fully saturated rings. The van der Waals surface area contributed by atoms with Crippen molar-refractivity contribution >= 4 is 10.0 Å². The Labute approximate surface area is 107 Å². The average Bonchev–Trinajstić information content (AvgIpc) is 2.83. The number of aromatic amines is 1. The molecule has 1 saturated heterocycles. The molecule has 0 bridgehead atoms. The highest BCUT2D eigenvalue weighted by Crippen LogP contribution is 2.15. The molecule has 0 saturated carbocycles. The molecule has 0 unspecified atom stereocenters. The van der Waals surface area contributed by atoms with E-state index in [2.05, 4.69) is 34.2 Å². The van der Waals surface area contributed by atoms with Crippen molar-refractivity contribution in [3.63, 3.8) is 0 Å². The summed E-state index contributed by atoms with van der Waals surface area (Å²) in [7, 11) is -3.48. The van der Waals surface area contributed by atoms with Crippen LogP contribution < -0.4 is 0 Å². The van der Waals surface area contributed by atoms with Crippen LogP contribution in [-0.4, -0.2) is 65.8 Å². The van der Waals surface area contributed by atoms with Gasteiger partial charge in [-0.1, -0.05) is 19.1 Å². The fraction of sp³-hybridized carbons (Fsp3) is 0.700. The minimum Gasteiger partial charge on any atom is -0.300 e. The normalized spacial score (nSPS) is 19.5. The van der Waals surface area contributed by atoms with Crippen molar-refractivity contribution in [1.29, 1.82) is 0 Å². The van der Waals surface area contributed by atoms with Crippen molar-refractivity contribution in [2.75, 3.05) is 32.7 Å². The summed E-state index contributed by atoms with van der Waals surface area (Å²) in [6, 6.07) is 0. The predicted octanol–water partition coefficient (Wildman–Crippen LogP) is -0.275. The third kappa shape index (κ3) is 2.88. The maximum atomic E-state index is 12.2. The molecule has 18 heavy (non-hydrogen) atoms. The summed E-state index contributed by atoms with van der Waals surface area (Å²) in [5.41, 5.74) is 0. The summed E-state index contributed by atoms with van der Waals surface area (Å²) in [4.78, 5) is 2.25. The molecule has 2 heterocycles. The molecule has 101 valence electrons. The minimum absolute atomic E-state index is 0.00538. The van der Waals surface area contributed by atoms with E-state index in [1.165, 1.54) is 16.4 Å². The number of H-pyrrole nitrogens is 1. The van der Waals surface area contributed by atoms with E-state index in [1.54, 1.807) is 0 Å². The second kappa shape index (κ2) is 5.33. The molecule has 1 radical (unpaired) electrons. The van der Waals surface area contributed by atoms with Gasteiger partial charge in [0.05, 0.1) is 6.20 Å². The van der Waals surface area contributed by atoms with Gasteiger partial charge in [-0.25, -0.2) is 8.42 Å². The van der Waals surface area contributed by atoms with Gasteiger partial charge in [-0.3, -0.25) is 5.10 Å². The molecule has 1 aliphatic rings. The molecule has 0 aliphatic carbocycles. The lowest BCUT2D eigenvalue weighted by molar-refractivity contribution is 0.194. The summed E-state index contributed by atoms with van der Waals surface area (Å²) in [5.74, 6) is 1.34. The number of hydrogen-bond acceptors (Lipinski definition) is 5. The third-order valence-electron chi connectivity index (χ3n) is 2.87. The number of nitrogens with one attached hydrogen (secondary N) is 1. The smallest absolute Gasteiger partial charge is 0.264 e. The fourth-order valence-electron chi connectivity index (χ4n) is 2.02. The quantitative estimate of drug-likeness (QED) is 0.815. The first-order valence-electron chi connectivity index (χ1n) is 5.88. The van der Waals surface area contributed by atoms with Crippen LogP contribution in [0.25, 0.3) is 0 Å². The van der Waals surface area contributed by atoms with E-state index in [1.807, 2.05) is 0 Å². The van der Waals surface area contributed by atoms with Gasteiger partial charge in [0.25, 0.3) is 10.0 Å². The summed E-state index contributed by atoms with van der Waals surface area (Å²) >= 11 is 0. The molecule has 7 nitrogen and oxygen atoms in total. The lowest BCUT2D eigenvalue weighted by atomic mass is 10.2. The van der Waals surface area contributed by atoms with Crippen molar-refractivity contribution in [2.24, 2.45) is 0 Å². The highest BCUT2D eigenvalue weighted by atomic mass is 32.2. The van der Waals surface area contributed by atoms with Gasteiger partial charge in [0.1, 0.15) is 0 Å². The second-order valence-electron chi connectivity index (χ2n) is 4.70. The van der Waals surface area contributed by atoms with Gasteiger partial charge >= 0.3 is 0 Å². The summed E-state index contributed by atoms with van der Waals surface area (Å²) in [6.07, 6.45) is 1.31. The molecular formula is C10H18N5O2S. The Morgan fingerprint density at radius 3 is 2.50 bits per heavy atom. The summed E-state index contributed by atoms with van der Waals surface area (Å²) in [6.45, 7) is 7.60. The van der Waals surface area contributed by atoms with Crippen LogP contribution >= 0.6 is 0 Å². The molecule has 0 atom stereocenters. The standard InChI is InChI=1S/C10H18N5O2S/c1-9(2)8-14-3-5-15(6-4-14)18(16,17)10-7-11-13-12-10/h7H,3-6,8H2,1-2H3,(H,11,12,13). The number of piperazine rings is 1. The molecule has 8 heteroatoms. The molecular weight excluding hydrogens is 254 g/mol. The highest BCUT2D eigenvalue weighted by Gasteiger charge is 2.30. The number of sulfonamides is 1. The fourth-order valence-corrected chi connectivity index (χ4v) is 3.28. The summed E-state index contributed by atoms with van der Waals surface area (Å²) < 4.78 is 25.8. The molecule has 0 aromatic carbocycles. The maximum Gasteiger partial charge on any atom is 0.264 e. The van der Waals surface area contributed by atoms with E-state index in [4.69, 9.17) is 0 Å². The van der Waals surface area contributed by atoms with E-state index < -0.39 is 10.0 Å². The highest BCUT2D eigenvalue weighted by molar-refractivity contribution is 7.89. The number of aromatic nitrogens is 3. The van der Waals surface area contributed by atoms with Crippen molar-refractivity contribution < 1.29 is 8.42 Å². The predicted molar refractivity (Wildman–Crippen MR) is 66.2 cm³/mol. The Bertz CT molecular complexity index is 462. The Hall–Kier alpha value is -0.990. The molecule has 1 N–H and O–H groups in total. The van der Waals surface area contributed by atoms with Gasteiger partial charge in [0, 0.05) is 32.7 Å². The molecule has 0 spiro atoms. The van der Waals surface area contributed by atoms with E-state index in [0.717, 1.165) is 19.6 Å². The van der Waals surface area contributed by atoms with Crippen LogP contribution in [-0.2, 0) is 10.0 Å². The lowest BCUT2D eigenvalue weighted by Gasteiger charge is -2.34. The van der Waals surface area contributed by atoms with Gasteiger partial charge in [-0.2, -0.15) is 4.31 Å². The number of nitrogens with zero attached hydrogens (tertiary/aromatic N) is 4. The van der Waals surface area contributed by atoms with E-state index >= 15 is 0 Å². The number of hydrogen-bond donors (Lipinski definition) is 1. The van der Waals surface area contributed by atoms with Crippen molar-refractivity contribution in [3.05, 3.63) is 12.1 Å². The molecule has 0 amide bonds. The van der Waals surface area contributed by atoms with Crippen LogP contribution in [0.15, 0.2) is 11.2 Å². The Balaban J connectivity index is 1.98. The average molecular weight is 272 g/mol. The number of rotatable bonds is 4. The topological polar surface area (TPSA) is 82.2 Å². The van der Waals surface area contributed by atoms with Crippen LogP contribution in [0.2, 0.25) is 0 Å². The Kier molecular flexibility index (Phi) is 3.98. The SMILES string of the molecule is C[C](C)CN1CCN(S(=O)(=O)c2c[nH]nn2)CC1. The van der Waals surface area contributed by atoms with Crippen molar-refractivity contribution in [1.82, 2.24) is 24.6 Å². The zero-order valence-corrected chi connectivity index (χ0v) is 11.4. The van der Waals surface area contributed by atoms with Crippen LogP contribution in [0, 0.1) is 5.92 Å². The first kappa shape index (κ1) is 13.4. The van der Waals surface area contributed by atoms with Gasteiger partial charge < -0.3 is 4.90 Å². The monoisotopic (exact) mass is 272 g/mol. The summed E-state index contributed by atoms with van der Waals surface area (Å²) in [5, 5.41) is 9.44. The van der Waals surface area contributed by atoms with Gasteiger partial charge in [-0.15, -0.1) is 5.10 Å². The van der Waals surface area contributed by atoms with Crippen LogP contribution in [0.1, 0.15) is 13.8 Å². The van der Waals surface area contributed by atoms with E-state index in [-0.39, 0.29) is 5.03 Å². The van der Waals surface area contributed by atoms with Gasteiger partial charge in [-0.05, 0) is 5.92 Å². The largest absolute Gasteiger partial charge is 0.300 e. The molecule has 1 aromatic heterocycles.